The number of hydrogen-bond acceptors (Lipinski definition) is 5. The van der Waals surface area contributed by atoms with Crippen molar-refractivity contribution in [2.24, 2.45) is 5.73 Å². The Morgan fingerprint density at radius 3 is 2.00 bits per heavy atom. The van der Waals surface area contributed by atoms with E-state index in [1.165, 1.54) is 24.7 Å². The molecule has 2 aromatic carbocycles. The summed E-state index contributed by atoms with van der Waals surface area (Å²) in [5.41, 5.74) is 6.64. The quantitative estimate of drug-likeness (QED) is 0.203. The third-order valence-corrected chi connectivity index (χ3v) is 5.00. The van der Waals surface area contributed by atoms with Crippen molar-refractivity contribution in [3.05, 3.63) is 70.8 Å². The molecule has 0 aliphatic heterocycles. The van der Waals surface area contributed by atoms with E-state index in [1.807, 2.05) is 29.6 Å². The lowest BCUT2D eigenvalue weighted by Gasteiger charge is -2.36. The molecule has 0 heterocycles. The number of amides is 4. The van der Waals surface area contributed by atoms with Crippen LogP contribution in [0.3, 0.4) is 0 Å². The summed E-state index contributed by atoms with van der Waals surface area (Å²) in [6, 6.07) is 10.3. The molecule has 0 saturated heterocycles. The largest absolute Gasteiger partial charge is 0.341 e. The molecule has 2 aromatic rings. The minimum absolute atomic E-state index is 0.0464. The van der Waals surface area contributed by atoms with Crippen LogP contribution < -0.4 is 27.2 Å². The molecule has 0 aromatic heterocycles. The molecule has 0 radical (unpaired) electrons. The van der Waals surface area contributed by atoms with E-state index >= 15 is 0 Å². The van der Waals surface area contributed by atoms with Gasteiger partial charge in [-0.1, -0.05) is 24.0 Å². The van der Waals surface area contributed by atoms with Crippen LogP contribution in [-0.4, -0.2) is 48.1 Å². The van der Waals surface area contributed by atoms with Crippen molar-refractivity contribution in [2.75, 3.05) is 7.05 Å². The number of urea groups is 1. The number of carbonyl (C=O) groups is 3. The van der Waals surface area contributed by atoms with Crippen LogP contribution in [0.15, 0.2) is 48.5 Å². The third-order valence-electron chi connectivity index (χ3n) is 5.00. The molecule has 34 heavy (non-hydrogen) atoms. The van der Waals surface area contributed by atoms with Crippen molar-refractivity contribution in [1.29, 1.82) is 0 Å². The van der Waals surface area contributed by atoms with Crippen molar-refractivity contribution >= 4 is 17.8 Å². The zero-order valence-electron chi connectivity index (χ0n) is 18.5. The first-order valence-electron chi connectivity index (χ1n) is 10.1. The number of alkyl halides is 2. The molecule has 2 atom stereocenters. The summed E-state index contributed by atoms with van der Waals surface area (Å²) < 4.78 is 27.6. The lowest BCUT2D eigenvalue weighted by molar-refractivity contribution is -0.135. The highest BCUT2D eigenvalue weighted by atomic mass is 19.3. The van der Waals surface area contributed by atoms with E-state index in [4.69, 9.17) is 10.9 Å². The van der Waals surface area contributed by atoms with Crippen LogP contribution in [0, 0.1) is 11.8 Å². The smallest absolute Gasteiger partial charge is 0.315 e. The fourth-order valence-electron chi connectivity index (χ4n) is 2.90. The second-order valence-electron chi connectivity index (χ2n) is 7.40. The van der Waals surface area contributed by atoms with Gasteiger partial charge in [-0.2, -0.15) is 0 Å². The first kappa shape index (κ1) is 26.2. The monoisotopic (exact) mass is 473 g/mol. The predicted molar refractivity (Wildman–Crippen MR) is 120 cm³/mol. The molecule has 180 valence electrons. The fourth-order valence-corrected chi connectivity index (χ4v) is 2.90. The van der Waals surface area contributed by atoms with E-state index in [0.717, 1.165) is 18.1 Å². The molecule has 7 N–H and O–H groups in total. The highest BCUT2D eigenvalue weighted by molar-refractivity contribution is 5.98. The number of carbonyl (C=O) groups excluding carboxylic acids is 3. The number of hydrogen-bond donors (Lipinski definition) is 6. The highest BCUT2D eigenvalue weighted by Gasteiger charge is 2.48. The number of rotatable bonds is 7. The van der Waals surface area contributed by atoms with Crippen LogP contribution in [0.2, 0.25) is 0 Å². The third kappa shape index (κ3) is 6.50. The zero-order valence-corrected chi connectivity index (χ0v) is 18.5. The van der Waals surface area contributed by atoms with Crippen molar-refractivity contribution in [3.63, 3.8) is 0 Å². The lowest BCUT2D eigenvalue weighted by Crippen LogP contribution is -2.69. The van der Waals surface area contributed by atoms with Gasteiger partial charge in [-0.05, 0) is 48.9 Å². The number of nitrogens with one attached hydrogen (secondary N) is 4. The van der Waals surface area contributed by atoms with Gasteiger partial charge in [0.2, 0.25) is 0 Å². The van der Waals surface area contributed by atoms with Gasteiger partial charge < -0.3 is 21.7 Å². The Morgan fingerprint density at radius 2 is 1.56 bits per heavy atom. The number of hydroxylamine groups is 1. The SMILES string of the molecule is CNC(=O)NC(C)(C(F)F)[C@H](NC(=O)c1ccc(C#Cc2ccc(CN)cc2)cc1)C(=O)NO. The molecule has 9 nitrogen and oxygen atoms in total. The van der Waals surface area contributed by atoms with Gasteiger partial charge in [0, 0.05) is 30.3 Å². The summed E-state index contributed by atoms with van der Waals surface area (Å²) in [6.07, 6.45) is -3.27. The maximum Gasteiger partial charge on any atom is 0.315 e. The summed E-state index contributed by atoms with van der Waals surface area (Å²) >= 11 is 0. The highest BCUT2D eigenvalue weighted by Crippen LogP contribution is 2.21. The van der Waals surface area contributed by atoms with Crippen LogP contribution in [0.4, 0.5) is 13.6 Å². The van der Waals surface area contributed by atoms with Gasteiger partial charge >= 0.3 is 6.03 Å². The molecule has 0 fully saturated rings. The van der Waals surface area contributed by atoms with Gasteiger partial charge in [0.25, 0.3) is 18.2 Å². The van der Waals surface area contributed by atoms with Crippen molar-refractivity contribution in [1.82, 2.24) is 21.4 Å². The number of nitrogens with two attached hydrogens (primary N) is 1. The van der Waals surface area contributed by atoms with Gasteiger partial charge in [0.05, 0.1) is 0 Å². The molecule has 4 amide bonds. The Balaban J connectivity index is 2.21. The van der Waals surface area contributed by atoms with Crippen LogP contribution in [0.5, 0.6) is 0 Å². The second-order valence-corrected chi connectivity index (χ2v) is 7.40. The first-order chi connectivity index (χ1) is 16.1. The Hall–Kier alpha value is -4.01. The van der Waals surface area contributed by atoms with Crippen molar-refractivity contribution < 1.29 is 28.4 Å². The topological polar surface area (TPSA) is 146 Å². The van der Waals surface area contributed by atoms with Gasteiger partial charge in [-0.3, -0.25) is 14.8 Å². The average Bonchev–Trinajstić information content (AvgIpc) is 2.85. The minimum Gasteiger partial charge on any atom is -0.341 e. The molecule has 0 aliphatic carbocycles. The van der Waals surface area contributed by atoms with E-state index in [0.29, 0.717) is 12.1 Å². The van der Waals surface area contributed by atoms with E-state index in [-0.39, 0.29) is 5.56 Å². The summed E-state index contributed by atoms with van der Waals surface area (Å²) in [4.78, 5) is 36.4. The van der Waals surface area contributed by atoms with Crippen LogP contribution >= 0.6 is 0 Å². The van der Waals surface area contributed by atoms with Crippen LogP contribution in [0.25, 0.3) is 0 Å². The number of halogens is 2. The Labute approximate surface area is 195 Å². The molecular weight excluding hydrogens is 448 g/mol. The van der Waals surface area contributed by atoms with Gasteiger partial charge in [0.1, 0.15) is 11.6 Å². The molecule has 2 rings (SSSR count). The van der Waals surface area contributed by atoms with Gasteiger partial charge in [-0.15, -0.1) is 0 Å². The first-order valence-corrected chi connectivity index (χ1v) is 10.1. The maximum absolute atomic E-state index is 13.8. The second kappa shape index (κ2) is 11.7. The molecule has 0 spiro atoms. The molecule has 1 unspecified atom stereocenters. The van der Waals surface area contributed by atoms with Crippen molar-refractivity contribution in [3.8, 4) is 11.8 Å². The van der Waals surface area contributed by atoms with Crippen molar-refractivity contribution in [2.45, 2.75) is 31.5 Å². The van der Waals surface area contributed by atoms with Crippen LogP contribution in [-0.2, 0) is 11.3 Å². The Bertz CT molecular complexity index is 1080. The summed E-state index contributed by atoms with van der Waals surface area (Å²) in [6.45, 7) is 1.29. The molecule has 0 saturated carbocycles. The van der Waals surface area contributed by atoms with Crippen LogP contribution in [0.1, 0.15) is 34.0 Å². The number of benzene rings is 2. The molecule has 0 aliphatic rings. The Kier molecular flexibility index (Phi) is 9.06. The minimum atomic E-state index is -3.27. The predicted octanol–water partition coefficient (Wildman–Crippen LogP) is 1.10. The standard InChI is InChI=1S/C23H25F2N5O4/c1-23(21(24)25,29-22(33)27-2)18(20(32)30-34)28-19(31)17-11-9-15(10-12-17)4-3-14-5-7-16(13-26)8-6-14/h5-12,18,21,34H,13,26H2,1-2H3,(H,28,31)(H,30,32)(H2,27,29,33)/t18-,23?/m1/s1. The molecule has 11 heteroatoms. The molecule has 0 bridgehead atoms. The molecular formula is C23H25F2N5O4. The zero-order chi connectivity index (χ0) is 25.3. The summed E-state index contributed by atoms with van der Waals surface area (Å²) in [5.74, 6) is 3.69. The van der Waals surface area contributed by atoms with Gasteiger partial charge in [0.15, 0.2) is 0 Å². The summed E-state index contributed by atoms with van der Waals surface area (Å²) in [5, 5.41) is 15.2. The van der Waals surface area contributed by atoms with E-state index < -0.39 is 35.9 Å². The average molecular weight is 473 g/mol. The maximum atomic E-state index is 13.8. The normalized spacial score (nSPS) is 13.0. The van der Waals surface area contributed by atoms with Gasteiger partial charge in [-0.25, -0.2) is 19.1 Å². The Morgan fingerprint density at radius 1 is 1.03 bits per heavy atom. The van der Waals surface area contributed by atoms with E-state index in [1.54, 1.807) is 12.1 Å². The van der Waals surface area contributed by atoms with E-state index in [2.05, 4.69) is 22.5 Å². The lowest BCUT2D eigenvalue weighted by atomic mass is 9.91. The fraction of sp³-hybridized carbons (Fsp3) is 0.261. The summed E-state index contributed by atoms with van der Waals surface area (Å²) in [7, 11) is 1.20. The van der Waals surface area contributed by atoms with E-state index in [9.17, 15) is 23.2 Å².